The Kier molecular flexibility index (Phi) is 3.52. The van der Waals surface area contributed by atoms with Crippen molar-refractivity contribution in [3.63, 3.8) is 0 Å². The summed E-state index contributed by atoms with van der Waals surface area (Å²) >= 11 is 0. The number of aryl methyl sites for hydroxylation is 1. The van der Waals surface area contributed by atoms with Crippen LogP contribution in [0.15, 0.2) is 9.52 Å². The molecule has 0 radical (unpaired) electrons. The van der Waals surface area contributed by atoms with E-state index in [4.69, 9.17) is 16.0 Å². The SMILES string of the molecule is Cc1c(C(=O)NN)oc2c1/C(=N/NC(N)=O)CCC2. The fraction of sp³-hybridized carbons (Fsp3) is 0.364. The molecule has 1 aliphatic rings. The van der Waals surface area contributed by atoms with Gasteiger partial charge in [0.1, 0.15) is 5.76 Å². The summed E-state index contributed by atoms with van der Waals surface area (Å²) in [5.74, 6) is 5.45. The normalized spacial score (nSPS) is 16.0. The number of furan rings is 1. The molecular weight excluding hydrogens is 250 g/mol. The molecule has 0 aromatic carbocycles. The molecule has 0 aliphatic heterocycles. The third kappa shape index (κ3) is 2.43. The van der Waals surface area contributed by atoms with Crippen molar-refractivity contribution in [2.45, 2.75) is 26.2 Å². The highest BCUT2D eigenvalue weighted by Gasteiger charge is 2.27. The smallest absolute Gasteiger partial charge is 0.332 e. The predicted octanol–water partition coefficient (Wildman–Crippen LogP) is -0.0998. The lowest BCUT2D eigenvalue weighted by atomic mass is 9.93. The Morgan fingerprint density at radius 2 is 2.11 bits per heavy atom. The van der Waals surface area contributed by atoms with E-state index >= 15 is 0 Å². The second kappa shape index (κ2) is 5.11. The summed E-state index contributed by atoms with van der Waals surface area (Å²) in [6, 6.07) is -0.735. The first-order valence-electron chi connectivity index (χ1n) is 5.80. The minimum absolute atomic E-state index is 0.168. The molecule has 8 heteroatoms. The van der Waals surface area contributed by atoms with Gasteiger partial charge in [0, 0.05) is 17.5 Å². The van der Waals surface area contributed by atoms with Crippen LogP contribution in [0.1, 0.15) is 40.3 Å². The van der Waals surface area contributed by atoms with Gasteiger partial charge >= 0.3 is 11.9 Å². The number of rotatable bonds is 2. The van der Waals surface area contributed by atoms with Gasteiger partial charge in [-0.05, 0) is 19.8 Å². The molecule has 6 N–H and O–H groups in total. The summed E-state index contributed by atoms with van der Waals surface area (Å²) in [5, 5.41) is 3.95. The molecule has 1 aliphatic carbocycles. The lowest BCUT2D eigenvalue weighted by Crippen LogP contribution is -2.30. The Balaban J connectivity index is 2.43. The van der Waals surface area contributed by atoms with Gasteiger partial charge in [0.25, 0.3) is 0 Å². The van der Waals surface area contributed by atoms with Crippen molar-refractivity contribution >= 4 is 17.6 Å². The molecular formula is C11H15N5O3. The number of carbonyl (C=O) groups excluding carboxylic acids is 2. The van der Waals surface area contributed by atoms with Crippen molar-refractivity contribution in [2.75, 3.05) is 0 Å². The molecule has 0 unspecified atom stereocenters. The van der Waals surface area contributed by atoms with Gasteiger partial charge in [-0.25, -0.2) is 16.1 Å². The fourth-order valence-corrected chi connectivity index (χ4v) is 2.18. The Morgan fingerprint density at radius 1 is 1.37 bits per heavy atom. The summed E-state index contributed by atoms with van der Waals surface area (Å²) in [6.07, 6.45) is 2.21. The standard InChI is InChI=1S/C11H15N5O3/c1-5-8-6(15-16-11(12)18)3-2-4-7(8)19-9(5)10(17)14-13/h2-4,13H2,1H3,(H,14,17)(H3,12,16,18)/b15-6+. The Bertz CT molecular complexity index is 561. The van der Waals surface area contributed by atoms with Crippen molar-refractivity contribution in [1.82, 2.24) is 10.9 Å². The number of nitrogens with zero attached hydrogens (tertiary/aromatic N) is 1. The van der Waals surface area contributed by atoms with Gasteiger partial charge in [0.2, 0.25) is 0 Å². The van der Waals surface area contributed by atoms with E-state index in [1.807, 2.05) is 5.43 Å². The number of nitrogen functional groups attached to an aromatic ring is 1. The van der Waals surface area contributed by atoms with E-state index in [-0.39, 0.29) is 5.76 Å². The molecule has 0 spiro atoms. The molecule has 0 saturated heterocycles. The van der Waals surface area contributed by atoms with Gasteiger partial charge in [-0.15, -0.1) is 0 Å². The van der Waals surface area contributed by atoms with Crippen molar-refractivity contribution in [2.24, 2.45) is 16.7 Å². The first-order chi connectivity index (χ1) is 9.04. The molecule has 19 heavy (non-hydrogen) atoms. The average molecular weight is 265 g/mol. The number of hydrogen-bond acceptors (Lipinski definition) is 5. The van der Waals surface area contributed by atoms with E-state index in [1.54, 1.807) is 6.92 Å². The number of hydrazine groups is 1. The van der Waals surface area contributed by atoms with E-state index in [0.29, 0.717) is 29.9 Å². The highest BCUT2D eigenvalue weighted by Crippen LogP contribution is 2.29. The number of carbonyl (C=O) groups is 2. The zero-order valence-corrected chi connectivity index (χ0v) is 10.4. The molecule has 3 amide bonds. The van der Waals surface area contributed by atoms with Gasteiger partial charge in [-0.2, -0.15) is 5.10 Å². The molecule has 1 aromatic rings. The van der Waals surface area contributed by atoms with Gasteiger partial charge in [-0.3, -0.25) is 10.2 Å². The van der Waals surface area contributed by atoms with Gasteiger partial charge in [0.05, 0.1) is 5.71 Å². The van der Waals surface area contributed by atoms with Crippen molar-refractivity contribution in [1.29, 1.82) is 0 Å². The molecule has 0 fully saturated rings. The van der Waals surface area contributed by atoms with Gasteiger partial charge in [-0.1, -0.05) is 0 Å². The number of hydrazone groups is 1. The van der Waals surface area contributed by atoms with Crippen LogP contribution in [0.5, 0.6) is 0 Å². The second-order valence-electron chi connectivity index (χ2n) is 4.22. The molecule has 2 rings (SSSR count). The van der Waals surface area contributed by atoms with Crippen LogP contribution < -0.4 is 22.4 Å². The van der Waals surface area contributed by atoms with Crippen LogP contribution in [0.4, 0.5) is 4.79 Å². The minimum Gasteiger partial charge on any atom is -0.455 e. The maximum atomic E-state index is 11.6. The van der Waals surface area contributed by atoms with E-state index in [2.05, 4.69) is 10.5 Å². The van der Waals surface area contributed by atoms with Crippen molar-refractivity contribution in [3.05, 3.63) is 22.6 Å². The molecule has 0 bridgehead atoms. The van der Waals surface area contributed by atoms with Crippen LogP contribution in [0.2, 0.25) is 0 Å². The van der Waals surface area contributed by atoms with E-state index in [0.717, 1.165) is 12.0 Å². The summed E-state index contributed by atoms with van der Waals surface area (Å²) in [4.78, 5) is 22.3. The Morgan fingerprint density at radius 3 is 2.74 bits per heavy atom. The number of nitrogens with two attached hydrogens (primary N) is 2. The number of fused-ring (bicyclic) bond motifs is 1. The topological polar surface area (TPSA) is 136 Å². The van der Waals surface area contributed by atoms with Crippen molar-refractivity contribution < 1.29 is 14.0 Å². The van der Waals surface area contributed by atoms with Crippen LogP contribution in [0.25, 0.3) is 0 Å². The number of primary amides is 1. The van der Waals surface area contributed by atoms with Gasteiger partial charge in [0.15, 0.2) is 5.76 Å². The molecule has 0 atom stereocenters. The second-order valence-corrected chi connectivity index (χ2v) is 4.22. The number of urea groups is 1. The lowest BCUT2D eigenvalue weighted by Gasteiger charge is -2.12. The predicted molar refractivity (Wildman–Crippen MR) is 67.3 cm³/mol. The number of hydrogen-bond donors (Lipinski definition) is 4. The fourth-order valence-electron chi connectivity index (χ4n) is 2.18. The van der Waals surface area contributed by atoms with Crippen LogP contribution in [-0.2, 0) is 6.42 Å². The van der Waals surface area contributed by atoms with Crippen LogP contribution >= 0.6 is 0 Å². The molecule has 102 valence electrons. The number of nitrogens with one attached hydrogen (secondary N) is 2. The Hall–Kier alpha value is -2.35. The molecule has 1 heterocycles. The third-order valence-corrected chi connectivity index (χ3v) is 2.96. The first-order valence-corrected chi connectivity index (χ1v) is 5.80. The summed E-state index contributed by atoms with van der Waals surface area (Å²) in [7, 11) is 0. The zero-order chi connectivity index (χ0) is 14.0. The largest absolute Gasteiger partial charge is 0.455 e. The first kappa shape index (κ1) is 13.1. The zero-order valence-electron chi connectivity index (χ0n) is 10.4. The van der Waals surface area contributed by atoms with Crippen molar-refractivity contribution in [3.8, 4) is 0 Å². The maximum absolute atomic E-state index is 11.6. The van der Waals surface area contributed by atoms with Crippen LogP contribution in [0.3, 0.4) is 0 Å². The summed E-state index contributed by atoms with van der Waals surface area (Å²) in [5.41, 5.74) is 11.3. The average Bonchev–Trinajstić information content (AvgIpc) is 2.73. The van der Waals surface area contributed by atoms with E-state index < -0.39 is 11.9 Å². The summed E-state index contributed by atoms with van der Waals surface area (Å²) < 4.78 is 5.51. The quantitative estimate of drug-likeness (QED) is 0.337. The lowest BCUT2D eigenvalue weighted by molar-refractivity contribution is 0.0923. The molecule has 1 aromatic heterocycles. The highest BCUT2D eigenvalue weighted by atomic mass is 16.4. The Labute approximate surface area is 109 Å². The molecule has 8 nitrogen and oxygen atoms in total. The van der Waals surface area contributed by atoms with Crippen LogP contribution in [0, 0.1) is 6.92 Å². The van der Waals surface area contributed by atoms with E-state index in [9.17, 15) is 9.59 Å². The third-order valence-electron chi connectivity index (χ3n) is 2.96. The highest BCUT2D eigenvalue weighted by molar-refractivity contribution is 6.06. The van der Waals surface area contributed by atoms with Crippen LogP contribution in [-0.4, -0.2) is 17.6 Å². The minimum atomic E-state index is -0.735. The number of amides is 3. The maximum Gasteiger partial charge on any atom is 0.332 e. The summed E-state index contributed by atoms with van der Waals surface area (Å²) in [6.45, 7) is 1.75. The van der Waals surface area contributed by atoms with E-state index in [1.165, 1.54) is 0 Å². The molecule has 0 saturated carbocycles. The van der Waals surface area contributed by atoms with Gasteiger partial charge < -0.3 is 10.2 Å². The monoisotopic (exact) mass is 265 g/mol.